The van der Waals surface area contributed by atoms with Gasteiger partial charge < -0.3 is 4.57 Å². The molecule has 0 N–H and O–H groups in total. The Hall–Kier alpha value is -8.80. The van der Waals surface area contributed by atoms with E-state index in [1.54, 1.807) is 42.5 Å². The molecule has 0 unspecified atom stereocenters. The van der Waals surface area contributed by atoms with E-state index in [9.17, 15) is 36.9 Å². The van der Waals surface area contributed by atoms with Gasteiger partial charge in [0.25, 0.3) is 0 Å². The number of aromatic nitrogens is 3. The SMILES string of the molecule is N#Cc1ccccc1-c1cc(-c2cc(-c3ccccc3)nc(-c3ccccc3)n2)cc(-c2ccccc2C#N)c1-n1c2ccccc2c2cc(-c3cc(C(F)(F)F)cc(C(F)(F)F)c3)ccc21. The van der Waals surface area contributed by atoms with Crippen LogP contribution in [0.3, 0.4) is 0 Å². The van der Waals surface area contributed by atoms with Crippen LogP contribution in [0.2, 0.25) is 0 Å². The monoisotopic (exact) mass is 887 g/mol. The zero-order chi connectivity index (χ0) is 46.5. The molecule has 67 heavy (non-hydrogen) atoms. The fourth-order valence-corrected chi connectivity index (χ4v) is 8.65. The second kappa shape index (κ2) is 16.6. The average Bonchev–Trinajstić information content (AvgIpc) is 3.68. The lowest BCUT2D eigenvalue weighted by molar-refractivity contribution is -0.143. The molecule has 0 aliphatic carbocycles. The molecule has 10 rings (SSSR count). The topological polar surface area (TPSA) is 78.3 Å². The smallest absolute Gasteiger partial charge is 0.308 e. The molecule has 0 saturated heterocycles. The Kier molecular flexibility index (Phi) is 10.5. The van der Waals surface area contributed by atoms with Gasteiger partial charge in [0.1, 0.15) is 0 Å². The van der Waals surface area contributed by atoms with Crippen molar-refractivity contribution in [3.05, 3.63) is 210 Å². The molecule has 0 fully saturated rings. The highest BCUT2D eigenvalue weighted by atomic mass is 19.4. The van der Waals surface area contributed by atoms with Crippen molar-refractivity contribution in [1.29, 1.82) is 10.5 Å². The van der Waals surface area contributed by atoms with E-state index in [0.717, 1.165) is 23.3 Å². The second-order valence-electron chi connectivity index (χ2n) is 15.8. The Morgan fingerprint density at radius 2 is 0.881 bits per heavy atom. The van der Waals surface area contributed by atoms with Crippen molar-refractivity contribution in [2.75, 3.05) is 0 Å². The van der Waals surface area contributed by atoms with Gasteiger partial charge in [-0.2, -0.15) is 36.9 Å². The van der Waals surface area contributed by atoms with E-state index in [2.05, 4.69) is 12.1 Å². The molecule has 10 aromatic rings. The van der Waals surface area contributed by atoms with Crippen LogP contribution >= 0.6 is 0 Å². The largest absolute Gasteiger partial charge is 0.416 e. The van der Waals surface area contributed by atoms with Crippen molar-refractivity contribution in [2.45, 2.75) is 12.4 Å². The van der Waals surface area contributed by atoms with Gasteiger partial charge in [0, 0.05) is 49.7 Å². The number of fused-ring (bicyclic) bond motifs is 3. The van der Waals surface area contributed by atoms with E-state index in [0.29, 0.717) is 83.6 Å². The third kappa shape index (κ3) is 7.83. The summed E-state index contributed by atoms with van der Waals surface area (Å²) in [7, 11) is 0. The number of benzene rings is 8. The third-order valence-corrected chi connectivity index (χ3v) is 11.7. The van der Waals surface area contributed by atoms with Gasteiger partial charge in [-0.25, -0.2) is 9.97 Å². The van der Waals surface area contributed by atoms with E-state index < -0.39 is 23.5 Å². The Bertz CT molecular complexity index is 3470. The van der Waals surface area contributed by atoms with E-state index in [1.807, 2.05) is 126 Å². The lowest BCUT2D eigenvalue weighted by Crippen LogP contribution is -2.11. The maximum absolute atomic E-state index is 14.1. The Balaban J connectivity index is 1.32. The molecule has 0 atom stereocenters. The van der Waals surface area contributed by atoms with Crippen molar-refractivity contribution >= 4 is 21.8 Å². The number of nitriles is 2. The molecule has 322 valence electrons. The van der Waals surface area contributed by atoms with Gasteiger partial charge in [-0.05, 0) is 77.9 Å². The number of alkyl halides is 6. The lowest BCUT2D eigenvalue weighted by Gasteiger charge is -2.22. The molecule has 0 amide bonds. The summed E-state index contributed by atoms with van der Waals surface area (Å²) in [6.07, 6.45) is -10.1. The molecule has 8 aromatic carbocycles. The fraction of sp³-hybridized carbons (Fsp3) is 0.0357. The van der Waals surface area contributed by atoms with Gasteiger partial charge in [-0.1, -0.05) is 121 Å². The molecule has 0 radical (unpaired) electrons. The van der Waals surface area contributed by atoms with Crippen molar-refractivity contribution < 1.29 is 26.3 Å². The molecular weight excluding hydrogens is 857 g/mol. The van der Waals surface area contributed by atoms with Crippen molar-refractivity contribution in [2.24, 2.45) is 0 Å². The first-order valence-corrected chi connectivity index (χ1v) is 20.9. The van der Waals surface area contributed by atoms with Gasteiger partial charge in [-0.3, -0.25) is 0 Å². The summed E-state index contributed by atoms with van der Waals surface area (Å²) in [5, 5.41) is 22.5. The Morgan fingerprint density at radius 3 is 1.45 bits per heavy atom. The van der Waals surface area contributed by atoms with Gasteiger partial charge in [0.05, 0.1) is 62.5 Å². The zero-order valence-electron chi connectivity index (χ0n) is 34.9. The number of hydrogen-bond acceptors (Lipinski definition) is 4. The summed E-state index contributed by atoms with van der Waals surface area (Å²) in [6.45, 7) is 0. The number of para-hydroxylation sites is 1. The molecule has 0 saturated carbocycles. The summed E-state index contributed by atoms with van der Waals surface area (Å²) >= 11 is 0. The molecule has 0 aliphatic heterocycles. The van der Waals surface area contributed by atoms with Gasteiger partial charge in [0.2, 0.25) is 0 Å². The molecule has 2 aromatic heterocycles. The minimum Gasteiger partial charge on any atom is -0.308 e. The highest BCUT2D eigenvalue weighted by molar-refractivity contribution is 6.12. The maximum atomic E-state index is 14.1. The summed E-state index contributed by atoms with van der Waals surface area (Å²) in [4.78, 5) is 10.1. The van der Waals surface area contributed by atoms with Crippen LogP contribution in [0.5, 0.6) is 0 Å². The van der Waals surface area contributed by atoms with Crippen LogP contribution in [-0.2, 0) is 12.4 Å². The van der Waals surface area contributed by atoms with Crippen LogP contribution < -0.4 is 0 Å². The summed E-state index contributed by atoms with van der Waals surface area (Å²) in [5.41, 5.74) is 5.29. The third-order valence-electron chi connectivity index (χ3n) is 11.7. The maximum Gasteiger partial charge on any atom is 0.416 e. The van der Waals surface area contributed by atoms with Gasteiger partial charge in [-0.15, -0.1) is 0 Å². The predicted molar refractivity (Wildman–Crippen MR) is 248 cm³/mol. The Labute approximate surface area is 379 Å². The first kappa shape index (κ1) is 42.2. The number of rotatable bonds is 7. The molecular formula is C56H31F6N5. The highest BCUT2D eigenvalue weighted by Crippen LogP contribution is 2.47. The van der Waals surface area contributed by atoms with E-state index in [1.165, 1.54) is 6.07 Å². The summed E-state index contributed by atoms with van der Waals surface area (Å²) < 4.78 is 86.5. The van der Waals surface area contributed by atoms with Gasteiger partial charge >= 0.3 is 12.4 Å². The number of nitrogens with zero attached hydrogens (tertiary/aromatic N) is 5. The van der Waals surface area contributed by atoms with E-state index >= 15 is 0 Å². The van der Waals surface area contributed by atoms with Crippen LogP contribution in [0.25, 0.3) is 94.8 Å². The van der Waals surface area contributed by atoms with Crippen LogP contribution in [0.15, 0.2) is 188 Å². The standard InChI is InChI=1S/C56H31F6N5/c57-55(58,59)41-25-39(26-42(30-41)56(60,61)62)36-23-24-52-46(27-36)45-21-11-12-22-51(45)67(52)53-47(43-19-9-7-17-37(43)32-63)28-40(29-48(53)44-20-10-8-18-38(44)33-64)50-31-49(34-13-3-1-4-14-34)65-54(66-50)35-15-5-2-6-16-35/h1-31H. The molecule has 0 aliphatic rings. The molecule has 11 heteroatoms. The molecule has 0 spiro atoms. The van der Waals surface area contributed by atoms with Crippen molar-refractivity contribution in [3.8, 4) is 85.1 Å². The highest BCUT2D eigenvalue weighted by Gasteiger charge is 2.37. The van der Waals surface area contributed by atoms with Crippen molar-refractivity contribution in [1.82, 2.24) is 14.5 Å². The van der Waals surface area contributed by atoms with Crippen LogP contribution in [0, 0.1) is 22.7 Å². The summed E-state index contributed by atoms with van der Waals surface area (Å²) in [5.74, 6) is 0.473. The van der Waals surface area contributed by atoms with E-state index in [4.69, 9.17) is 9.97 Å². The fourth-order valence-electron chi connectivity index (χ4n) is 8.65. The van der Waals surface area contributed by atoms with E-state index in [-0.39, 0.29) is 17.2 Å². The first-order chi connectivity index (χ1) is 32.4. The zero-order valence-corrected chi connectivity index (χ0v) is 34.9. The molecule has 2 heterocycles. The van der Waals surface area contributed by atoms with Crippen molar-refractivity contribution in [3.63, 3.8) is 0 Å². The number of halogens is 6. The quantitative estimate of drug-likeness (QED) is 0.149. The molecule has 5 nitrogen and oxygen atoms in total. The van der Waals surface area contributed by atoms with Crippen LogP contribution in [-0.4, -0.2) is 14.5 Å². The average molecular weight is 888 g/mol. The second-order valence-corrected chi connectivity index (χ2v) is 15.8. The molecule has 0 bridgehead atoms. The lowest BCUT2D eigenvalue weighted by atomic mass is 9.88. The predicted octanol–water partition coefficient (Wildman–Crippen LogP) is 15.4. The van der Waals surface area contributed by atoms with Crippen LogP contribution in [0.1, 0.15) is 22.3 Å². The number of hydrogen-bond donors (Lipinski definition) is 0. The van der Waals surface area contributed by atoms with Gasteiger partial charge in [0.15, 0.2) is 5.82 Å². The normalized spacial score (nSPS) is 11.7. The Morgan fingerprint density at radius 1 is 0.388 bits per heavy atom. The van der Waals surface area contributed by atoms with Crippen LogP contribution in [0.4, 0.5) is 26.3 Å². The summed E-state index contributed by atoms with van der Waals surface area (Å²) in [6, 6.07) is 57.7. The minimum atomic E-state index is -5.04. The minimum absolute atomic E-state index is 0.116. The first-order valence-electron chi connectivity index (χ1n) is 20.9.